The molecule has 0 atom stereocenters. The molecule has 6 heterocycles. The predicted molar refractivity (Wildman–Crippen MR) is 166 cm³/mol. The van der Waals surface area contributed by atoms with E-state index in [4.69, 9.17) is 9.84 Å². The fourth-order valence-corrected chi connectivity index (χ4v) is 7.33. The van der Waals surface area contributed by atoms with Crippen LogP contribution in [0.25, 0.3) is 11.1 Å². The molecule has 4 aliphatic heterocycles. The van der Waals surface area contributed by atoms with Crippen LogP contribution >= 0.6 is 0 Å². The molecule has 0 spiro atoms. The van der Waals surface area contributed by atoms with E-state index in [0.717, 1.165) is 75.5 Å². The molecular formula is C33H36FN7O4. The van der Waals surface area contributed by atoms with Crippen LogP contribution in [-0.2, 0) is 36.3 Å². The number of Topliss-reactive ketones (excluding diaryl/α,β-unsaturated/α-hetero) is 1. The average molecular weight is 614 g/mol. The molecule has 1 aromatic carbocycles. The van der Waals surface area contributed by atoms with Gasteiger partial charge in [0.2, 0.25) is 5.78 Å². The van der Waals surface area contributed by atoms with Crippen LogP contribution in [0.4, 0.5) is 21.6 Å². The highest BCUT2D eigenvalue weighted by Crippen LogP contribution is 2.41. The summed E-state index contributed by atoms with van der Waals surface area (Å²) in [5, 5.41) is 18.5. The maximum atomic E-state index is 15.3. The maximum absolute atomic E-state index is 15.3. The number of carbonyl (C=O) groups is 1. The number of pyridine rings is 1. The fourth-order valence-electron chi connectivity index (χ4n) is 7.33. The van der Waals surface area contributed by atoms with Crippen molar-refractivity contribution in [3.8, 4) is 11.1 Å². The van der Waals surface area contributed by atoms with Crippen molar-refractivity contribution >= 4 is 23.0 Å². The fraction of sp³-hybridized carbons (Fsp3) is 0.424. The molecule has 1 aliphatic carbocycles. The SMILES string of the molecule is Cn1cc(-c2cc(F)cc(N3C=C4C(=O)C5=C(CCCC5)N4CC3)c2CO)cc(Nc2cc3n(n2)CCN(C2COC2)C3)c1=O. The summed E-state index contributed by atoms with van der Waals surface area (Å²) < 4.78 is 24.1. The van der Waals surface area contributed by atoms with E-state index < -0.39 is 5.82 Å². The molecule has 234 valence electrons. The van der Waals surface area contributed by atoms with E-state index in [9.17, 15) is 14.7 Å². The Morgan fingerprint density at radius 2 is 1.91 bits per heavy atom. The zero-order valence-electron chi connectivity index (χ0n) is 25.3. The second-order valence-corrected chi connectivity index (χ2v) is 12.5. The van der Waals surface area contributed by atoms with Crippen LogP contribution in [0.5, 0.6) is 0 Å². The van der Waals surface area contributed by atoms with Gasteiger partial charge in [-0.1, -0.05) is 0 Å². The van der Waals surface area contributed by atoms with Crippen LogP contribution in [0, 0.1) is 5.82 Å². The largest absolute Gasteiger partial charge is 0.392 e. The number of hydrogen-bond donors (Lipinski definition) is 2. The van der Waals surface area contributed by atoms with Crippen LogP contribution in [0.15, 0.2) is 58.4 Å². The van der Waals surface area contributed by atoms with Crippen molar-refractivity contribution in [2.75, 3.05) is 43.1 Å². The first-order valence-corrected chi connectivity index (χ1v) is 15.7. The number of allylic oxidation sites excluding steroid dienone is 2. The van der Waals surface area contributed by atoms with Crippen LogP contribution < -0.4 is 15.8 Å². The van der Waals surface area contributed by atoms with Crippen LogP contribution in [0.3, 0.4) is 0 Å². The number of benzene rings is 1. The zero-order chi connectivity index (χ0) is 30.8. The van der Waals surface area contributed by atoms with E-state index in [-0.39, 0.29) is 17.9 Å². The lowest BCUT2D eigenvalue weighted by atomic mass is 9.96. The third-order valence-corrected chi connectivity index (χ3v) is 9.78. The third kappa shape index (κ3) is 4.79. The first-order chi connectivity index (χ1) is 21.9. The average Bonchev–Trinajstić information content (AvgIpc) is 3.55. The van der Waals surface area contributed by atoms with Gasteiger partial charge in [-0.3, -0.25) is 19.2 Å². The molecule has 0 radical (unpaired) electrons. The highest BCUT2D eigenvalue weighted by atomic mass is 19.1. The minimum Gasteiger partial charge on any atom is -0.392 e. The zero-order valence-corrected chi connectivity index (χ0v) is 25.3. The standard InChI is InChI=1S/C33H36FN7O4/c1-37-14-20(10-27(33(37)44)35-31-13-22-15-38(23-18-45-19-23)7-9-41(22)36-31)25-11-21(34)12-29(26(25)17-42)39-6-8-40-28-5-3-2-4-24(28)32(43)30(40)16-39/h10-14,16,23,42H,2-9,15,17-19H2,1H3,(H,35,36). The summed E-state index contributed by atoms with van der Waals surface area (Å²) in [6, 6.07) is 6.88. The molecule has 1 fully saturated rings. The second kappa shape index (κ2) is 11.0. The molecule has 45 heavy (non-hydrogen) atoms. The normalized spacial score (nSPS) is 20.2. The molecular weight excluding hydrogens is 577 g/mol. The van der Waals surface area contributed by atoms with Gasteiger partial charge >= 0.3 is 0 Å². The first-order valence-electron chi connectivity index (χ1n) is 15.7. The van der Waals surface area contributed by atoms with Gasteiger partial charge in [0.05, 0.1) is 38.1 Å². The van der Waals surface area contributed by atoms with Gasteiger partial charge in [0.15, 0.2) is 5.82 Å². The molecule has 0 saturated carbocycles. The molecule has 8 rings (SSSR count). The molecule has 5 aliphatic rings. The van der Waals surface area contributed by atoms with Crippen molar-refractivity contribution in [3.05, 3.63) is 81.1 Å². The summed E-state index contributed by atoms with van der Waals surface area (Å²) in [7, 11) is 1.65. The van der Waals surface area contributed by atoms with Gasteiger partial charge in [0.1, 0.15) is 17.2 Å². The molecule has 3 aromatic rings. The number of ether oxygens (including phenoxy) is 1. The Morgan fingerprint density at radius 1 is 1.07 bits per heavy atom. The van der Waals surface area contributed by atoms with Crippen LogP contribution in [0.1, 0.15) is 36.9 Å². The van der Waals surface area contributed by atoms with Crippen molar-refractivity contribution in [2.24, 2.45) is 7.05 Å². The molecule has 0 amide bonds. The third-order valence-electron chi connectivity index (χ3n) is 9.78. The lowest BCUT2D eigenvalue weighted by Crippen LogP contribution is -2.51. The Kier molecular flexibility index (Phi) is 6.88. The van der Waals surface area contributed by atoms with Gasteiger partial charge in [-0.2, -0.15) is 5.10 Å². The number of nitrogens with one attached hydrogen (secondary N) is 1. The summed E-state index contributed by atoms with van der Waals surface area (Å²) in [6.45, 7) is 4.73. The molecule has 1 saturated heterocycles. The van der Waals surface area contributed by atoms with Gasteiger partial charge in [0.25, 0.3) is 5.56 Å². The summed E-state index contributed by atoms with van der Waals surface area (Å²) in [5.41, 5.74) is 5.84. The molecule has 11 nitrogen and oxygen atoms in total. The Bertz CT molecular complexity index is 1840. The number of ketones is 1. The van der Waals surface area contributed by atoms with Gasteiger partial charge in [-0.25, -0.2) is 4.39 Å². The van der Waals surface area contributed by atoms with Crippen LogP contribution in [0.2, 0.25) is 0 Å². The van der Waals surface area contributed by atoms with E-state index in [1.54, 1.807) is 25.5 Å². The van der Waals surface area contributed by atoms with E-state index in [0.29, 0.717) is 58.7 Å². The number of halogens is 1. The second-order valence-electron chi connectivity index (χ2n) is 12.5. The number of aromatic nitrogens is 3. The van der Waals surface area contributed by atoms with E-state index >= 15 is 4.39 Å². The molecule has 2 aromatic heterocycles. The minimum atomic E-state index is -0.472. The summed E-state index contributed by atoms with van der Waals surface area (Å²) >= 11 is 0. The van der Waals surface area contributed by atoms with Gasteiger partial charge in [0, 0.05) is 79.8 Å². The summed E-state index contributed by atoms with van der Waals surface area (Å²) in [6.07, 6.45) is 7.25. The maximum Gasteiger partial charge on any atom is 0.274 e. The number of anilines is 3. The van der Waals surface area contributed by atoms with Crippen molar-refractivity contribution in [1.82, 2.24) is 24.1 Å². The van der Waals surface area contributed by atoms with Gasteiger partial charge in [-0.15, -0.1) is 0 Å². The lowest BCUT2D eigenvalue weighted by Gasteiger charge is -2.39. The van der Waals surface area contributed by atoms with E-state index in [1.807, 2.05) is 15.6 Å². The number of rotatable bonds is 6. The number of carbonyl (C=O) groups excluding carboxylic acids is 1. The molecule has 12 heteroatoms. The number of fused-ring (bicyclic) bond motifs is 3. The molecule has 2 N–H and O–H groups in total. The van der Waals surface area contributed by atoms with Gasteiger partial charge < -0.3 is 29.5 Å². The number of aryl methyl sites for hydroxylation is 1. The highest BCUT2D eigenvalue weighted by molar-refractivity contribution is 6.11. The van der Waals surface area contributed by atoms with E-state index in [2.05, 4.69) is 15.1 Å². The summed E-state index contributed by atoms with van der Waals surface area (Å²) in [5.74, 6) is 0.145. The quantitative estimate of drug-likeness (QED) is 0.434. The topological polar surface area (TPSA) is 108 Å². The highest BCUT2D eigenvalue weighted by Gasteiger charge is 2.38. The number of hydrogen-bond acceptors (Lipinski definition) is 9. The monoisotopic (exact) mass is 613 g/mol. The number of nitrogens with zero attached hydrogens (tertiary/aromatic N) is 6. The summed E-state index contributed by atoms with van der Waals surface area (Å²) in [4.78, 5) is 32.9. The predicted octanol–water partition coefficient (Wildman–Crippen LogP) is 3.21. The smallest absolute Gasteiger partial charge is 0.274 e. The van der Waals surface area contributed by atoms with Crippen molar-refractivity contribution in [2.45, 2.75) is 51.4 Å². The number of aliphatic hydroxyl groups excluding tert-OH is 1. The Balaban J connectivity index is 1.11. The molecule has 0 unspecified atom stereocenters. The van der Waals surface area contributed by atoms with Crippen molar-refractivity contribution in [1.29, 1.82) is 0 Å². The van der Waals surface area contributed by atoms with Gasteiger partial charge in [-0.05, 0) is 49.4 Å². The van der Waals surface area contributed by atoms with Crippen molar-refractivity contribution < 1.29 is 19.0 Å². The Morgan fingerprint density at radius 3 is 2.71 bits per heavy atom. The lowest BCUT2D eigenvalue weighted by molar-refractivity contribution is -0.112. The minimum absolute atomic E-state index is 0.0519. The van der Waals surface area contributed by atoms with E-state index in [1.165, 1.54) is 16.7 Å². The first kappa shape index (κ1) is 28.2. The Labute approximate surface area is 259 Å². The Hall–Kier alpha value is -4.26. The number of aliphatic hydroxyl groups is 1. The van der Waals surface area contributed by atoms with Crippen molar-refractivity contribution in [3.63, 3.8) is 0 Å². The van der Waals surface area contributed by atoms with Crippen LogP contribution in [-0.4, -0.2) is 73.9 Å². The molecule has 0 bridgehead atoms.